The molecule has 1 aliphatic heterocycles. The van der Waals surface area contributed by atoms with Crippen molar-refractivity contribution < 1.29 is 13.5 Å². The molecule has 2 heterocycles. The fourth-order valence-electron chi connectivity index (χ4n) is 3.52. The Labute approximate surface area is 168 Å². The van der Waals surface area contributed by atoms with E-state index in [1.54, 1.807) is 6.07 Å². The summed E-state index contributed by atoms with van der Waals surface area (Å²) >= 11 is 7.21. The standard InChI is InChI=1S/C19H13ClF2N4OS/c20-15-4-2-1-3-12(15)14-9-27-19(14,13-6-5-11(21)7-16(13)22)8-17-24-18(26-25-17)28-10-23/h1-7,14H,8-9H2,(H,24,25,26)/t14-,19+/m1/s1. The molecule has 0 radical (unpaired) electrons. The lowest BCUT2D eigenvalue weighted by Gasteiger charge is -2.50. The highest BCUT2D eigenvalue weighted by molar-refractivity contribution is 8.03. The predicted molar refractivity (Wildman–Crippen MR) is 99.7 cm³/mol. The van der Waals surface area contributed by atoms with E-state index in [0.717, 1.165) is 23.4 Å². The molecule has 0 bridgehead atoms. The van der Waals surface area contributed by atoms with Gasteiger partial charge in [-0.25, -0.2) is 13.8 Å². The molecule has 4 rings (SSSR count). The number of nitriles is 1. The molecule has 2 atom stereocenters. The molecule has 0 aliphatic carbocycles. The van der Waals surface area contributed by atoms with Gasteiger partial charge in [-0.2, -0.15) is 10.4 Å². The first-order valence-corrected chi connectivity index (χ1v) is 9.54. The number of H-pyrrole nitrogens is 1. The van der Waals surface area contributed by atoms with Crippen molar-refractivity contribution in [3.05, 3.63) is 76.1 Å². The second-order valence-corrected chi connectivity index (χ2v) is 7.51. The van der Waals surface area contributed by atoms with Crippen molar-refractivity contribution in [2.45, 2.75) is 23.1 Å². The highest BCUT2D eigenvalue weighted by atomic mass is 35.5. The molecular weight excluding hydrogens is 406 g/mol. The average Bonchev–Trinajstić information content (AvgIpc) is 3.08. The second kappa shape index (κ2) is 7.51. The number of aromatic amines is 1. The van der Waals surface area contributed by atoms with E-state index in [0.29, 0.717) is 22.6 Å². The number of hydrogen-bond acceptors (Lipinski definition) is 5. The van der Waals surface area contributed by atoms with Gasteiger partial charge in [-0.3, -0.25) is 5.10 Å². The lowest BCUT2D eigenvalue weighted by molar-refractivity contribution is -0.180. The van der Waals surface area contributed by atoms with Crippen molar-refractivity contribution >= 4 is 23.4 Å². The summed E-state index contributed by atoms with van der Waals surface area (Å²) < 4.78 is 34.2. The third-order valence-electron chi connectivity index (χ3n) is 4.81. The Bertz CT molecular complexity index is 1070. The van der Waals surface area contributed by atoms with Gasteiger partial charge >= 0.3 is 0 Å². The van der Waals surface area contributed by atoms with Crippen LogP contribution in [0.25, 0.3) is 0 Å². The molecule has 1 aromatic heterocycles. The van der Waals surface area contributed by atoms with Crippen molar-refractivity contribution in [1.29, 1.82) is 5.26 Å². The molecule has 3 aromatic rings. The number of ether oxygens (including phenoxy) is 1. The molecule has 0 saturated carbocycles. The first-order valence-electron chi connectivity index (χ1n) is 8.34. The van der Waals surface area contributed by atoms with Crippen molar-refractivity contribution in [3.8, 4) is 5.40 Å². The van der Waals surface area contributed by atoms with E-state index in [4.69, 9.17) is 21.6 Å². The van der Waals surface area contributed by atoms with E-state index >= 15 is 0 Å². The summed E-state index contributed by atoms with van der Waals surface area (Å²) in [6.07, 6.45) is 0.133. The summed E-state index contributed by atoms with van der Waals surface area (Å²) in [6, 6.07) is 10.7. The summed E-state index contributed by atoms with van der Waals surface area (Å²) in [5, 5.41) is 18.3. The van der Waals surface area contributed by atoms with E-state index in [1.165, 1.54) is 12.1 Å². The first kappa shape index (κ1) is 18.9. The maximum atomic E-state index is 14.7. The average molecular weight is 419 g/mol. The largest absolute Gasteiger partial charge is 0.368 e. The maximum absolute atomic E-state index is 14.7. The zero-order valence-electron chi connectivity index (χ0n) is 14.3. The number of nitrogens with one attached hydrogen (secondary N) is 1. The fraction of sp³-hybridized carbons (Fsp3) is 0.211. The third kappa shape index (κ3) is 3.26. The topological polar surface area (TPSA) is 74.6 Å². The van der Waals surface area contributed by atoms with Crippen LogP contribution < -0.4 is 0 Å². The predicted octanol–water partition coefficient (Wildman–Crippen LogP) is 4.56. The lowest BCUT2D eigenvalue weighted by Crippen LogP contribution is -2.51. The third-order valence-corrected chi connectivity index (χ3v) is 5.62. The Morgan fingerprint density at radius 1 is 1.32 bits per heavy atom. The Morgan fingerprint density at radius 2 is 2.14 bits per heavy atom. The van der Waals surface area contributed by atoms with E-state index in [-0.39, 0.29) is 17.9 Å². The minimum atomic E-state index is -1.14. The zero-order chi connectivity index (χ0) is 19.7. The number of halogens is 3. The minimum Gasteiger partial charge on any atom is -0.368 e. The zero-order valence-corrected chi connectivity index (χ0v) is 15.9. The number of nitrogens with zero attached hydrogens (tertiary/aromatic N) is 3. The minimum absolute atomic E-state index is 0.133. The van der Waals surface area contributed by atoms with Crippen LogP contribution in [0.3, 0.4) is 0 Å². The Morgan fingerprint density at radius 3 is 2.82 bits per heavy atom. The Balaban J connectivity index is 1.79. The van der Waals surface area contributed by atoms with Crippen LogP contribution in [0.1, 0.15) is 22.9 Å². The second-order valence-electron chi connectivity index (χ2n) is 6.33. The molecule has 28 heavy (non-hydrogen) atoms. The molecule has 5 nitrogen and oxygen atoms in total. The van der Waals surface area contributed by atoms with Crippen molar-refractivity contribution in [2.24, 2.45) is 0 Å². The van der Waals surface area contributed by atoms with Crippen LogP contribution in [-0.2, 0) is 16.8 Å². The van der Waals surface area contributed by atoms with Crippen LogP contribution in [0.4, 0.5) is 8.78 Å². The van der Waals surface area contributed by atoms with Crippen LogP contribution in [0.2, 0.25) is 5.02 Å². The van der Waals surface area contributed by atoms with Crippen molar-refractivity contribution in [1.82, 2.24) is 15.2 Å². The molecule has 0 unspecified atom stereocenters. The molecule has 142 valence electrons. The molecule has 2 aromatic carbocycles. The van der Waals surface area contributed by atoms with Crippen LogP contribution in [0.5, 0.6) is 0 Å². The Hall–Kier alpha value is -2.47. The highest BCUT2D eigenvalue weighted by Gasteiger charge is 2.53. The SMILES string of the molecule is N#CSc1nc(C[C@@]2(c3ccc(F)cc3F)OC[C@@H]2c2ccccc2Cl)n[nH]1. The number of thioether (sulfide) groups is 1. The smallest absolute Gasteiger partial charge is 0.198 e. The number of aromatic nitrogens is 3. The van der Waals surface area contributed by atoms with Gasteiger partial charge in [-0.05, 0) is 17.7 Å². The monoisotopic (exact) mass is 418 g/mol. The first-order chi connectivity index (χ1) is 13.5. The molecule has 0 spiro atoms. The van der Waals surface area contributed by atoms with E-state index in [9.17, 15) is 8.78 Å². The van der Waals surface area contributed by atoms with E-state index in [2.05, 4.69) is 15.2 Å². The summed E-state index contributed by atoms with van der Waals surface area (Å²) in [6.45, 7) is 0.324. The molecule has 0 amide bonds. The van der Waals surface area contributed by atoms with Crippen LogP contribution >= 0.6 is 23.4 Å². The van der Waals surface area contributed by atoms with Crippen molar-refractivity contribution in [3.63, 3.8) is 0 Å². The molecule has 1 aliphatic rings. The molecule has 1 saturated heterocycles. The van der Waals surface area contributed by atoms with Crippen LogP contribution in [0.15, 0.2) is 47.6 Å². The van der Waals surface area contributed by atoms with Crippen molar-refractivity contribution in [2.75, 3.05) is 6.61 Å². The van der Waals surface area contributed by atoms with Gasteiger partial charge in [-0.1, -0.05) is 35.9 Å². The summed E-state index contributed by atoms with van der Waals surface area (Å²) in [5.41, 5.74) is -0.120. The van der Waals surface area contributed by atoms with Gasteiger partial charge in [0.25, 0.3) is 0 Å². The normalized spacial score (nSPS) is 21.1. The van der Waals surface area contributed by atoms with Gasteiger partial charge in [0.15, 0.2) is 11.0 Å². The van der Waals surface area contributed by atoms with Crippen LogP contribution in [0, 0.1) is 22.3 Å². The van der Waals surface area contributed by atoms with E-state index in [1.807, 2.05) is 23.6 Å². The number of hydrogen-bond donors (Lipinski definition) is 1. The van der Waals surface area contributed by atoms with Crippen LogP contribution in [-0.4, -0.2) is 21.8 Å². The highest BCUT2D eigenvalue weighted by Crippen LogP contribution is 2.52. The molecule has 9 heteroatoms. The maximum Gasteiger partial charge on any atom is 0.198 e. The number of benzene rings is 2. The Kier molecular flexibility index (Phi) is 5.06. The summed E-state index contributed by atoms with van der Waals surface area (Å²) in [5.74, 6) is -1.29. The lowest BCUT2D eigenvalue weighted by atomic mass is 9.71. The van der Waals surface area contributed by atoms with Gasteiger partial charge in [0.05, 0.1) is 6.61 Å². The molecule has 1 N–H and O–H groups in total. The number of rotatable bonds is 5. The summed E-state index contributed by atoms with van der Waals surface area (Å²) in [4.78, 5) is 4.25. The van der Waals surface area contributed by atoms with Gasteiger partial charge in [0.1, 0.15) is 22.6 Å². The molecular formula is C19H13ClF2N4OS. The quantitative estimate of drug-likeness (QED) is 0.485. The number of thiocyanates is 1. The van der Waals surface area contributed by atoms with Gasteiger partial charge in [0.2, 0.25) is 0 Å². The van der Waals surface area contributed by atoms with Gasteiger partial charge < -0.3 is 4.74 Å². The van der Waals surface area contributed by atoms with E-state index < -0.39 is 17.2 Å². The summed E-state index contributed by atoms with van der Waals surface area (Å²) in [7, 11) is 0. The van der Waals surface area contributed by atoms with Gasteiger partial charge in [-0.15, -0.1) is 0 Å². The fourth-order valence-corrected chi connectivity index (χ4v) is 4.11. The van der Waals surface area contributed by atoms with Gasteiger partial charge in [0, 0.05) is 40.8 Å². The molecule has 1 fully saturated rings.